The molecule has 1 aliphatic carbocycles. The highest BCUT2D eigenvalue weighted by Gasteiger charge is 2.42. The molecule has 0 saturated carbocycles. The van der Waals surface area contributed by atoms with Crippen LogP contribution in [0.15, 0.2) is 18.2 Å². The lowest BCUT2D eigenvalue weighted by Gasteiger charge is -2.33. The molecular weight excluding hydrogens is 238 g/mol. The second kappa shape index (κ2) is 4.87. The van der Waals surface area contributed by atoms with E-state index >= 15 is 0 Å². The maximum absolute atomic E-state index is 12.2. The van der Waals surface area contributed by atoms with Crippen molar-refractivity contribution < 1.29 is 9.53 Å². The van der Waals surface area contributed by atoms with Gasteiger partial charge in [-0.1, -0.05) is 13.0 Å². The van der Waals surface area contributed by atoms with E-state index in [1.807, 2.05) is 6.07 Å². The SMILES string of the molecule is CCCN1C(=O)C[C@H]2c3cc(OC)ccc3CC[C@H]21. The molecule has 1 aromatic carbocycles. The molecule has 1 amide bonds. The minimum absolute atomic E-state index is 0.326. The van der Waals surface area contributed by atoms with Crippen molar-refractivity contribution in [3.05, 3.63) is 29.3 Å². The van der Waals surface area contributed by atoms with Crippen molar-refractivity contribution in [1.29, 1.82) is 0 Å². The van der Waals surface area contributed by atoms with Gasteiger partial charge in [0.25, 0.3) is 0 Å². The Hall–Kier alpha value is -1.51. The second-order valence-electron chi connectivity index (χ2n) is 5.57. The van der Waals surface area contributed by atoms with Gasteiger partial charge in [-0.2, -0.15) is 0 Å². The van der Waals surface area contributed by atoms with E-state index in [1.165, 1.54) is 11.1 Å². The molecule has 1 aromatic rings. The third kappa shape index (κ3) is 2.01. The first-order valence-corrected chi connectivity index (χ1v) is 7.21. The van der Waals surface area contributed by atoms with Crippen LogP contribution in [0.2, 0.25) is 0 Å². The smallest absolute Gasteiger partial charge is 0.223 e. The van der Waals surface area contributed by atoms with Crippen LogP contribution in [-0.2, 0) is 11.2 Å². The van der Waals surface area contributed by atoms with E-state index in [0.29, 0.717) is 24.3 Å². The normalized spacial score (nSPS) is 25.2. The van der Waals surface area contributed by atoms with Crippen LogP contribution in [0.25, 0.3) is 0 Å². The molecular formula is C16H21NO2. The van der Waals surface area contributed by atoms with Gasteiger partial charge in [0.05, 0.1) is 7.11 Å². The van der Waals surface area contributed by atoms with Gasteiger partial charge in [-0.15, -0.1) is 0 Å². The molecule has 1 fully saturated rings. The fourth-order valence-corrected chi connectivity index (χ4v) is 3.63. The Labute approximate surface area is 114 Å². The zero-order valence-corrected chi connectivity index (χ0v) is 11.7. The molecule has 1 saturated heterocycles. The molecule has 3 rings (SSSR count). The van der Waals surface area contributed by atoms with Gasteiger partial charge in [0.15, 0.2) is 0 Å². The first-order chi connectivity index (χ1) is 9.24. The van der Waals surface area contributed by atoms with Crippen molar-refractivity contribution in [3.63, 3.8) is 0 Å². The van der Waals surface area contributed by atoms with Gasteiger partial charge in [-0.05, 0) is 42.5 Å². The van der Waals surface area contributed by atoms with Crippen LogP contribution < -0.4 is 4.74 Å². The summed E-state index contributed by atoms with van der Waals surface area (Å²) in [4.78, 5) is 14.3. The molecule has 0 radical (unpaired) electrons. The number of likely N-dealkylation sites (tertiary alicyclic amines) is 1. The van der Waals surface area contributed by atoms with E-state index in [1.54, 1.807) is 7.11 Å². The Morgan fingerprint density at radius 2 is 2.26 bits per heavy atom. The van der Waals surface area contributed by atoms with Gasteiger partial charge < -0.3 is 9.64 Å². The molecule has 0 unspecified atom stereocenters. The lowest BCUT2D eigenvalue weighted by atomic mass is 9.79. The van der Waals surface area contributed by atoms with Crippen molar-refractivity contribution in [1.82, 2.24) is 4.90 Å². The molecule has 2 aliphatic rings. The van der Waals surface area contributed by atoms with Gasteiger partial charge in [0.2, 0.25) is 5.91 Å². The highest BCUT2D eigenvalue weighted by molar-refractivity contribution is 5.81. The molecule has 3 nitrogen and oxygen atoms in total. The van der Waals surface area contributed by atoms with Crippen LogP contribution in [0.1, 0.15) is 43.2 Å². The molecule has 2 atom stereocenters. The van der Waals surface area contributed by atoms with Crippen LogP contribution in [0.5, 0.6) is 5.75 Å². The zero-order chi connectivity index (χ0) is 13.4. The molecule has 0 aromatic heterocycles. The average molecular weight is 259 g/mol. The van der Waals surface area contributed by atoms with Crippen molar-refractivity contribution >= 4 is 5.91 Å². The molecule has 0 spiro atoms. The zero-order valence-electron chi connectivity index (χ0n) is 11.7. The van der Waals surface area contributed by atoms with Crippen LogP contribution in [0.3, 0.4) is 0 Å². The first-order valence-electron chi connectivity index (χ1n) is 7.21. The van der Waals surface area contributed by atoms with E-state index in [-0.39, 0.29) is 0 Å². The predicted molar refractivity (Wildman–Crippen MR) is 74.5 cm³/mol. The molecule has 3 heteroatoms. The Morgan fingerprint density at radius 3 is 3.00 bits per heavy atom. The largest absolute Gasteiger partial charge is 0.497 e. The van der Waals surface area contributed by atoms with Gasteiger partial charge in [0.1, 0.15) is 5.75 Å². The summed E-state index contributed by atoms with van der Waals surface area (Å²) in [6, 6.07) is 6.73. The fraction of sp³-hybridized carbons (Fsp3) is 0.562. The van der Waals surface area contributed by atoms with Crippen LogP contribution in [-0.4, -0.2) is 30.5 Å². The third-order valence-electron chi connectivity index (χ3n) is 4.51. The van der Waals surface area contributed by atoms with Crippen LogP contribution in [0, 0.1) is 0 Å². The van der Waals surface area contributed by atoms with Crippen molar-refractivity contribution in [3.8, 4) is 5.75 Å². The summed E-state index contributed by atoms with van der Waals surface area (Å²) in [7, 11) is 1.70. The molecule has 0 bridgehead atoms. The topological polar surface area (TPSA) is 29.5 Å². The summed E-state index contributed by atoms with van der Waals surface area (Å²) in [6.07, 6.45) is 3.90. The Bertz CT molecular complexity index is 498. The summed E-state index contributed by atoms with van der Waals surface area (Å²) in [6.45, 7) is 3.04. The monoisotopic (exact) mass is 259 g/mol. The van der Waals surface area contributed by atoms with Gasteiger partial charge in [0, 0.05) is 24.9 Å². The quantitative estimate of drug-likeness (QED) is 0.835. The maximum Gasteiger partial charge on any atom is 0.223 e. The number of methoxy groups -OCH3 is 1. The predicted octanol–water partition coefficient (Wildman–Crippen LogP) is 2.74. The van der Waals surface area contributed by atoms with Crippen molar-refractivity contribution in [2.75, 3.05) is 13.7 Å². The lowest BCUT2D eigenvalue weighted by Crippen LogP contribution is -2.37. The lowest BCUT2D eigenvalue weighted by molar-refractivity contribution is -0.129. The fourth-order valence-electron chi connectivity index (χ4n) is 3.63. The average Bonchev–Trinajstić information content (AvgIpc) is 2.76. The number of benzene rings is 1. The summed E-state index contributed by atoms with van der Waals surface area (Å²) >= 11 is 0. The molecule has 1 aliphatic heterocycles. The molecule has 0 N–H and O–H groups in total. The number of ether oxygens (including phenoxy) is 1. The van der Waals surface area contributed by atoms with Gasteiger partial charge >= 0.3 is 0 Å². The minimum Gasteiger partial charge on any atom is -0.497 e. The number of rotatable bonds is 3. The minimum atomic E-state index is 0.326. The van der Waals surface area contributed by atoms with E-state index in [0.717, 1.165) is 31.6 Å². The summed E-state index contributed by atoms with van der Waals surface area (Å²) in [5, 5.41) is 0. The van der Waals surface area contributed by atoms with E-state index < -0.39 is 0 Å². The number of hydrogen-bond donors (Lipinski definition) is 0. The highest BCUT2D eigenvalue weighted by Crippen LogP contribution is 2.43. The standard InChI is InChI=1S/C16H21NO2/c1-3-8-17-15-7-5-11-4-6-12(19-2)9-13(11)14(15)10-16(17)18/h4,6,9,14-15H,3,5,7-8,10H2,1-2H3/t14-,15+/m0/s1. The number of fused-ring (bicyclic) bond motifs is 3. The number of aryl methyl sites for hydroxylation is 1. The summed E-state index contributed by atoms with van der Waals surface area (Å²) < 4.78 is 5.33. The number of carbonyl (C=O) groups excluding carboxylic acids is 1. The highest BCUT2D eigenvalue weighted by atomic mass is 16.5. The molecule has 19 heavy (non-hydrogen) atoms. The van der Waals surface area contributed by atoms with E-state index in [4.69, 9.17) is 4.74 Å². The van der Waals surface area contributed by atoms with E-state index in [9.17, 15) is 4.79 Å². The molecule has 102 valence electrons. The summed E-state index contributed by atoms with van der Waals surface area (Å²) in [5.74, 6) is 1.60. The van der Waals surface area contributed by atoms with Gasteiger partial charge in [-0.25, -0.2) is 0 Å². The van der Waals surface area contributed by atoms with E-state index in [2.05, 4.69) is 24.0 Å². The maximum atomic E-state index is 12.2. The van der Waals surface area contributed by atoms with Gasteiger partial charge in [-0.3, -0.25) is 4.79 Å². The Balaban J connectivity index is 1.95. The molecule has 1 heterocycles. The first kappa shape index (κ1) is 12.5. The second-order valence-corrected chi connectivity index (χ2v) is 5.57. The third-order valence-corrected chi connectivity index (χ3v) is 4.51. The summed E-state index contributed by atoms with van der Waals surface area (Å²) in [5.41, 5.74) is 2.73. The van der Waals surface area contributed by atoms with Crippen LogP contribution >= 0.6 is 0 Å². The van der Waals surface area contributed by atoms with Crippen molar-refractivity contribution in [2.24, 2.45) is 0 Å². The number of amides is 1. The van der Waals surface area contributed by atoms with Crippen molar-refractivity contribution in [2.45, 2.75) is 44.6 Å². The Morgan fingerprint density at radius 1 is 1.42 bits per heavy atom. The number of carbonyl (C=O) groups is 1. The number of hydrogen-bond acceptors (Lipinski definition) is 2. The number of nitrogens with zero attached hydrogens (tertiary/aromatic N) is 1. The van der Waals surface area contributed by atoms with Crippen LogP contribution in [0.4, 0.5) is 0 Å². The Kier molecular flexibility index (Phi) is 3.21.